The maximum Gasteiger partial charge on any atom is 0.327 e. The number of carbonyl (C=O) groups excluding carboxylic acids is 1. The van der Waals surface area contributed by atoms with Gasteiger partial charge in [-0.3, -0.25) is 4.79 Å². The molecule has 0 saturated carbocycles. The molecule has 0 heterocycles. The zero-order valence-electron chi connectivity index (χ0n) is 10.2. The summed E-state index contributed by atoms with van der Waals surface area (Å²) in [6.07, 6.45) is 2.31. The lowest BCUT2D eigenvalue weighted by Gasteiger charge is -2.14. The van der Waals surface area contributed by atoms with E-state index in [1.54, 1.807) is 11.8 Å². The lowest BCUT2D eigenvalue weighted by Crippen LogP contribution is -2.41. The standard InChI is InChI=1S/C11H21NO3S/c1-4-5-8(2)6-16-7-10(11(14)15)12-9(3)13/h8,10H,4-7H2,1-3H3,(H,12,13)(H,14,15)/t8?,10-/m0/s1. The second kappa shape index (κ2) is 8.44. The first-order chi connectivity index (χ1) is 7.47. The number of thioether (sulfide) groups is 1. The van der Waals surface area contributed by atoms with Gasteiger partial charge < -0.3 is 10.4 Å². The predicted octanol–water partition coefficient (Wildman–Crippen LogP) is 1.75. The third-order valence-electron chi connectivity index (χ3n) is 2.14. The first-order valence-electron chi connectivity index (χ1n) is 5.55. The van der Waals surface area contributed by atoms with Crippen molar-refractivity contribution < 1.29 is 14.7 Å². The molecule has 16 heavy (non-hydrogen) atoms. The number of carboxylic acids is 1. The third kappa shape index (κ3) is 7.56. The van der Waals surface area contributed by atoms with Crippen molar-refractivity contribution in [3.05, 3.63) is 0 Å². The highest BCUT2D eigenvalue weighted by Gasteiger charge is 2.18. The molecule has 0 aliphatic heterocycles. The largest absolute Gasteiger partial charge is 0.480 e. The van der Waals surface area contributed by atoms with Crippen LogP contribution in [0.4, 0.5) is 0 Å². The smallest absolute Gasteiger partial charge is 0.327 e. The second-order valence-corrected chi connectivity index (χ2v) is 5.10. The molecular weight excluding hydrogens is 226 g/mol. The Morgan fingerprint density at radius 2 is 2.00 bits per heavy atom. The van der Waals surface area contributed by atoms with E-state index in [1.807, 2.05) is 0 Å². The van der Waals surface area contributed by atoms with Crippen LogP contribution in [-0.2, 0) is 9.59 Å². The van der Waals surface area contributed by atoms with Crippen LogP contribution in [0.2, 0.25) is 0 Å². The van der Waals surface area contributed by atoms with Crippen molar-refractivity contribution in [3.63, 3.8) is 0 Å². The Morgan fingerprint density at radius 1 is 1.38 bits per heavy atom. The van der Waals surface area contributed by atoms with Gasteiger partial charge in [-0.25, -0.2) is 4.79 Å². The van der Waals surface area contributed by atoms with E-state index in [-0.39, 0.29) is 5.91 Å². The summed E-state index contributed by atoms with van der Waals surface area (Å²) < 4.78 is 0. The number of aliphatic carboxylic acids is 1. The Kier molecular flexibility index (Phi) is 8.07. The summed E-state index contributed by atoms with van der Waals surface area (Å²) in [7, 11) is 0. The predicted molar refractivity (Wildman–Crippen MR) is 66.6 cm³/mol. The molecule has 94 valence electrons. The van der Waals surface area contributed by atoms with Crippen LogP contribution >= 0.6 is 11.8 Å². The Morgan fingerprint density at radius 3 is 2.44 bits per heavy atom. The van der Waals surface area contributed by atoms with Crippen LogP contribution in [0.5, 0.6) is 0 Å². The molecule has 0 bridgehead atoms. The van der Waals surface area contributed by atoms with Crippen LogP contribution < -0.4 is 5.32 Å². The highest BCUT2D eigenvalue weighted by atomic mass is 32.2. The number of carboxylic acid groups (broad SMARTS) is 1. The SMILES string of the molecule is CCCC(C)CSC[C@H](NC(C)=O)C(=O)O. The van der Waals surface area contributed by atoms with Crippen LogP contribution in [0.1, 0.15) is 33.6 Å². The van der Waals surface area contributed by atoms with Crippen LogP contribution in [0, 0.1) is 5.92 Å². The molecule has 0 aliphatic rings. The summed E-state index contributed by atoms with van der Waals surface area (Å²) in [5.41, 5.74) is 0. The minimum atomic E-state index is -0.967. The molecular formula is C11H21NO3S. The van der Waals surface area contributed by atoms with Gasteiger partial charge in [0.2, 0.25) is 5.91 Å². The zero-order valence-corrected chi connectivity index (χ0v) is 11.0. The molecule has 0 aromatic heterocycles. The summed E-state index contributed by atoms with van der Waals surface area (Å²) in [5.74, 6) is 0.711. The van der Waals surface area contributed by atoms with Gasteiger partial charge in [0.1, 0.15) is 6.04 Å². The van der Waals surface area contributed by atoms with E-state index in [4.69, 9.17) is 5.11 Å². The minimum absolute atomic E-state index is 0.297. The fraction of sp³-hybridized carbons (Fsp3) is 0.818. The van der Waals surface area contributed by atoms with Crippen molar-refractivity contribution in [2.75, 3.05) is 11.5 Å². The molecule has 0 saturated heterocycles. The molecule has 2 atom stereocenters. The Hall–Kier alpha value is -0.710. The van der Waals surface area contributed by atoms with E-state index in [0.717, 1.165) is 18.6 Å². The fourth-order valence-electron chi connectivity index (χ4n) is 1.38. The molecule has 1 amide bonds. The van der Waals surface area contributed by atoms with Crippen LogP contribution in [0.15, 0.2) is 0 Å². The van der Waals surface area contributed by atoms with E-state index >= 15 is 0 Å². The topological polar surface area (TPSA) is 66.4 Å². The van der Waals surface area contributed by atoms with Crippen molar-refractivity contribution in [2.45, 2.75) is 39.7 Å². The quantitative estimate of drug-likeness (QED) is 0.685. The second-order valence-electron chi connectivity index (χ2n) is 4.02. The molecule has 0 aliphatic carbocycles. The zero-order chi connectivity index (χ0) is 12.6. The summed E-state index contributed by atoms with van der Waals surface area (Å²) in [4.78, 5) is 21.6. The summed E-state index contributed by atoms with van der Waals surface area (Å²) in [5, 5.41) is 11.3. The maximum atomic E-state index is 10.8. The highest BCUT2D eigenvalue weighted by molar-refractivity contribution is 7.99. The number of carbonyl (C=O) groups is 2. The Bertz CT molecular complexity index is 233. The minimum Gasteiger partial charge on any atom is -0.480 e. The van der Waals surface area contributed by atoms with Crippen molar-refractivity contribution in [2.24, 2.45) is 5.92 Å². The molecule has 1 unspecified atom stereocenters. The Balaban J connectivity index is 3.84. The molecule has 0 radical (unpaired) electrons. The van der Waals surface area contributed by atoms with Gasteiger partial charge in [-0.1, -0.05) is 26.7 Å². The molecule has 0 rings (SSSR count). The number of rotatable bonds is 8. The first-order valence-corrected chi connectivity index (χ1v) is 6.70. The normalized spacial score (nSPS) is 14.2. The lowest BCUT2D eigenvalue weighted by atomic mass is 10.1. The van der Waals surface area contributed by atoms with Gasteiger partial charge in [-0.2, -0.15) is 11.8 Å². The molecule has 0 spiro atoms. The van der Waals surface area contributed by atoms with E-state index in [1.165, 1.54) is 6.92 Å². The lowest BCUT2D eigenvalue weighted by molar-refractivity contribution is -0.140. The Labute approximate surface area is 101 Å². The van der Waals surface area contributed by atoms with Gasteiger partial charge in [0.05, 0.1) is 0 Å². The molecule has 4 nitrogen and oxygen atoms in total. The van der Waals surface area contributed by atoms with E-state index < -0.39 is 12.0 Å². The molecule has 5 heteroatoms. The van der Waals surface area contributed by atoms with Gasteiger partial charge in [0.25, 0.3) is 0 Å². The summed E-state index contributed by atoms with van der Waals surface area (Å²) in [6.45, 7) is 5.63. The van der Waals surface area contributed by atoms with E-state index in [0.29, 0.717) is 11.7 Å². The van der Waals surface area contributed by atoms with E-state index in [2.05, 4.69) is 19.2 Å². The van der Waals surface area contributed by atoms with Crippen molar-refractivity contribution in [1.82, 2.24) is 5.32 Å². The number of amides is 1. The monoisotopic (exact) mass is 247 g/mol. The van der Waals surface area contributed by atoms with Gasteiger partial charge in [0, 0.05) is 12.7 Å². The van der Waals surface area contributed by atoms with Gasteiger partial charge >= 0.3 is 5.97 Å². The van der Waals surface area contributed by atoms with Crippen molar-refractivity contribution >= 4 is 23.6 Å². The maximum absolute atomic E-state index is 10.8. The molecule has 0 aromatic rings. The van der Waals surface area contributed by atoms with Crippen LogP contribution in [0.3, 0.4) is 0 Å². The average Bonchev–Trinajstić information content (AvgIpc) is 2.15. The number of hydrogen-bond acceptors (Lipinski definition) is 3. The van der Waals surface area contributed by atoms with Crippen molar-refractivity contribution in [3.8, 4) is 0 Å². The van der Waals surface area contributed by atoms with Gasteiger partial charge in [-0.05, 0) is 11.7 Å². The number of hydrogen-bond donors (Lipinski definition) is 2. The van der Waals surface area contributed by atoms with Gasteiger partial charge in [-0.15, -0.1) is 0 Å². The molecule has 0 fully saturated rings. The van der Waals surface area contributed by atoms with Crippen molar-refractivity contribution in [1.29, 1.82) is 0 Å². The van der Waals surface area contributed by atoms with E-state index in [9.17, 15) is 9.59 Å². The summed E-state index contributed by atoms with van der Waals surface area (Å²) >= 11 is 1.58. The fourth-order valence-corrected chi connectivity index (χ4v) is 2.55. The first kappa shape index (κ1) is 15.3. The number of nitrogens with one attached hydrogen (secondary N) is 1. The molecule has 0 aromatic carbocycles. The third-order valence-corrected chi connectivity index (χ3v) is 3.52. The molecule has 2 N–H and O–H groups in total. The van der Waals surface area contributed by atoms with Crippen LogP contribution in [0.25, 0.3) is 0 Å². The van der Waals surface area contributed by atoms with Gasteiger partial charge in [0.15, 0.2) is 0 Å². The summed E-state index contributed by atoms with van der Waals surface area (Å²) in [6, 6.07) is -0.767. The van der Waals surface area contributed by atoms with Crippen LogP contribution in [-0.4, -0.2) is 34.5 Å². The average molecular weight is 247 g/mol. The highest BCUT2D eigenvalue weighted by Crippen LogP contribution is 2.14.